The van der Waals surface area contributed by atoms with Crippen LogP contribution in [0, 0.1) is 0 Å². The van der Waals surface area contributed by atoms with Crippen molar-refractivity contribution in [3.63, 3.8) is 0 Å². The SMILES string of the molecule is O=C(CSc1ccccc1O)Nc1cccc(Cl)c1. The van der Waals surface area contributed by atoms with Gasteiger partial charge in [-0.15, -0.1) is 11.8 Å². The molecule has 2 rings (SSSR count). The zero-order valence-corrected chi connectivity index (χ0v) is 11.5. The Kier molecular flexibility index (Phi) is 4.71. The number of thioether (sulfide) groups is 1. The van der Waals surface area contributed by atoms with E-state index in [9.17, 15) is 9.90 Å². The van der Waals surface area contributed by atoms with Gasteiger partial charge in [0.05, 0.1) is 5.75 Å². The predicted octanol–water partition coefficient (Wildman–Crippen LogP) is 3.78. The fourth-order valence-electron chi connectivity index (χ4n) is 1.49. The number of hydrogen-bond acceptors (Lipinski definition) is 3. The molecule has 0 aromatic heterocycles. The van der Waals surface area contributed by atoms with Crippen LogP contribution in [0.3, 0.4) is 0 Å². The number of anilines is 1. The number of para-hydroxylation sites is 1. The highest BCUT2D eigenvalue weighted by molar-refractivity contribution is 8.00. The van der Waals surface area contributed by atoms with Crippen LogP contribution in [0.5, 0.6) is 5.75 Å². The summed E-state index contributed by atoms with van der Waals surface area (Å²) in [5.74, 6) is 0.267. The molecule has 2 N–H and O–H groups in total. The van der Waals surface area contributed by atoms with E-state index in [0.29, 0.717) is 15.6 Å². The second-order valence-corrected chi connectivity index (χ2v) is 5.27. The lowest BCUT2D eigenvalue weighted by molar-refractivity contribution is -0.113. The molecule has 0 heterocycles. The molecule has 0 atom stereocenters. The van der Waals surface area contributed by atoms with Crippen LogP contribution in [0.25, 0.3) is 0 Å². The lowest BCUT2D eigenvalue weighted by Gasteiger charge is -2.06. The number of halogens is 1. The highest BCUT2D eigenvalue weighted by Crippen LogP contribution is 2.27. The normalized spacial score (nSPS) is 10.2. The Morgan fingerprint density at radius 2 is 2.00 bits per heavy atom. The number of carbonyl (C=O) groups is 1. The molecular weight excluding hydrogens is 282 g/mol. The summed E-state index contributed by atoms with van der Waals surface area (Å²) in [5.41, 5.74) is 0.662. The molecule has 0 unspecified atom stereocenters. The van der Waals surface area contributed by atoms with Gasteiger partial charge in [0.1, 0.15) is 5.75 Å². The number of amides is 1. The summed E-state index contributed by atoms with van der Waals surface area (Å²) >= 11 is 7.12. The molecule has 0 fully saturated rings. The second kappa shape index (κ2) is 6.50. The minimum absolute atomic E-state index is 0.143. The van der Waals surface area contributed by atoms with Crippen molar-refractivity contribution in [2.45, 2.75) is 4.90 Å². The Morgan fingerprint density at radius 1 is 1.21 bits per heavy atom. The molecule has 2 aromatic carbocycles. The maximum atomic E-state index is 11.8. The second-order valence-electron chi connectivity index (χ2n) is 3.81. The maximum Gasteiger partial charge on any atom is 0.234 e. The van der Waals surface area contributed by atoms with E-state index in [1.54, 1.807) is 42.5 Å². The zero-order valence-electron chi connectivity index (χ0n) is 9.97. The van der Waals surface area contributed by atoms with Gasteiger partial charge in [-0.2, -0.15) is 0 Å². The van der Waals surface area contributed by atoms with Crippen LogP contribution in [0.1, 0.15) is 0 Å². The van der Waals surface area contributed by atoms with Gasteiger partial charge >= 0.3 is 0 Å². The number of benzene rings is 2. The Morgan fingerprint density at radius 3 is 2.74 bits per heavy atom. The summed E-state index contributed by atoms with van der Waals surface area (Å²) in [4.78, 5) is 12.4. The summed E-state index contributed by atoms with van der Waals surface area (Å²) in [7, 11) is 0. The molecule has 98 valence electrons. The van der Waals surface area contributed by atoms with E-state index in [2.05, 4.69) is 5.32 Å². The van der Waals surface area contributed by atoms with Crippen LogP contribution in [0.15, 0.2) is 53.4 Å². The third-order valence-electron chi connectivity index (χ3n) is 2.33. The third-order valence-corrected chi connectivity index (χ3v) is 3.63. The van der Waals surface area contributed by atoms with Crippen LogP contribution in [-0.2, 0) is 4.79 Å². The molecule has 5 heteroatoms. The lowest BCUT2D eigenvalue weighted by atomic mass is 10.3. The Labute approximate surface area is 120 Å². The van der Waals surface area contributed by atoms with Crippen molar-refractivity contribution in [1.82, 2.24) is 0 Å². The van der Waals surface area contributed by atoms with Crippen molar-refractivity contribution in [3.05, 3.63) is 53.6 Å². The van der Waals surface area contributed by atoms with Crippen LogP contribution in [-0.4, -0.2) is 16.8 Å². The summed E-state index contributed by atoms with van der Waals surface area (Å²) in [5, 5.41) is 12.9. The minimum Gasteiger partial charge on any atom is -0.507 e. The molecule has 0 saturated carbocycles. The molecule has 2 aromatic rings. The smallest absolute Gasteiger partial charge is 0.234 e. The van der Waals surface area contributed by atoms with Crippen molar-refractivity contribution in [2.24, 2.45) is 0 Å². The first kappa shape index (κ1) is 13.8. The van der Waals surface area contributed by atoms with Gasteiger partial charge in [-0.3, -0.25) is 4.79 Å². The number of phenolic OH excluding ortho intramolecular Hbond substituents is 1. The van der Waals surface area contributed by atoms with E-state index >= 15 is 0 Å². The predicted molar refractivity (Wildman–Crippen MR) is 78.9 cm³/mol. The number of rotatable bonds is 4. The molecular formula is C14H12ClNO2S. The molecule has 0 aliphatic carbocycles. The van der Waals surface area contributed by atoms with Crippen molar-refractivity contribution >= 4 is 35.0 Å². The topological polar surface area (TPSA) is 49.3 Å². The molecule has 0 bridgehead atoms. The molecule has 1 amide bonds. The zero-order chi connectivity index (χ0) is 13.7. The van der Waals surface area contributed by atoms with Crippen molar-refractivity contribution in [1.29, 1.82) is 0 Å². The van der Waals surface area contributed by atoms with Crippen molar-refractivity contribution in [3.8, 4) is 5.75 Å². The van der Waals surface area contributed by atoms with Gasteiger partial charge in [-0.05, 0) is 30.3 Å². The van der Waals surface area contributed by atoms with Crippen molar-refractivity contribution in [2.75, 3.05) is 11.1 Å². The molecule has 0 spiro atoms. The van der Waals surface area contributed by atoms with E-state index in [4.69, 9.17) is 11.6 Å². The Bertz CT molecular complexity index is 589. The largest absolute Gasteiger partial charge is 0.507 e. The average Bonchev–Trinajstić information content (AvgIpc) is 2.38. The molecule has 0 radical (unpaired) electrons. The van der Waals surface area contributed by atoms with Gasteiger partial charge in [-0.1, -0.05) is 29.8 Å². The first-order chi connectivity index (χ1) is 9.15. The highest BCUT2D eigenvalue weighted by Gasteiger charge is 2.06. The van der Waals surface area contributed by atoms with Crippen LogP contribution >= 0.6 is 23.4 Å². The van der Waals surface area contributed by atoms with E-state index in [1.165, 1.54) is 11.8 Å². The molecule has 0 aliphatic rings. The maximum absolute atomic E-state index is 11.8. The van der Waals surface area contributed by atoms with Gasteiger partial charge in [-0.25, -0.2) is 0 Å². The molecule has 0 saturated heterocycles. The standard InChI is InChI=1S/C14H12ClNO2S/c15-10-4-3-5-11(8-10)16-14(18)9-19-13-7-2-1-6-12(13)17/h1-8,17H,9H2,(H,16,18). The lowest BCUT2D eigenvalue weighted by Crippen LogP contribution is -2.13. The third kappa shape index (κ3) is 4.19. The molecule has 0 aliphatic heterocycles. The number of carbonyl (C=O) groups excluding carboxylic acids is 1. The average molecular weight is 294 g/mol. The summed E-state index contributed by atoms with van der Waals surface area (Å²) in [6, 6.07) is 13.9. The van der Waals surface area contributed by atoms with Gasteiger partial charge in [0.15, 0.2) is 0 Å². The monoisotopic (exact) mass is 293 g/mol. The fourth-order valence-corrected chi connectivity index (χ4v) is 2.43. The van der Waals surface area contributed by atoms with Crippen molar-refractivity contribution < 1.29 is 9.90 Å². The number of aromatic hydroxyl groups is 1. The number of hydrogen-bond donors (Lipinski definition) is 2. The summed E-state index contributed by atoms with van der Waals surface area (Å²) < 4.78 is 0. The summed E-state index contributed by atoms with van der Waals surface area (Å²) in [6.45, 7) is 0. The van der Waals surface area contributed by atoms with Crippen LogP contribution in [0.4, 0.5) is 5.69 Å². The molecule has 19 heavy (non-hydrogen) atoms. The first-order valence-corrected chi connectivity index (χ1v) is 6.98. The van der Waals surface area contributed by atoms with Gasteiger partial charge < -0.3 is 10.4 Å². The van der Waals surface area contributed by atoms with Gasteiger partial charge in [0, 0.05) is 15.6 Å². The highest BCUT2D eigenvalue weighted by atomic mass is 35.5. The minimum atomic E-state index is -0.143. The van der Waals surface area contributed by atoms with Crippen LogP contribution < -0.4 is 5.32 Å². The van der Waals surface area contributed by atoms with E-state index in [1.807, 2.05) is 6.07 Å². The van der Waals surface area contributed by atoms with E-state index in [0.717, 1.165) is 0 Å². The van der Waals surface area contributed by atoms with Crippen LogP contribution in [0.2, 0.25) is 5.02 Å². The number of phenols is 1. The van der Waals surface area contributed by atoms with Gasteiger partial charge in [0.25, 0.3) is 0 Å². The Balaban J connectivity index is 1.90. The Hall–Kier alpha value is -1.65. The fraction of sp³-hybridized carbons (Fsp3) is 0.0714. The number of nitrogens with one attached hydrogen (secondary N) is 1. The summed E-state index contributed by atoms with van der Waals surface area (Å²) in [6.07, 6.45) is 0. The quantitative estimate of drug-likeness (QED) is 0.844. The van der Waals surface area contributed by atoms with Gasteiger partial charge in [0.2, 0.25) is 5.91 Å². The first-order valence-electron chi connectivity index (χ1n) is 5.61. The molecule has 3 nitrogen and oxygen atoms in total. The van der Waals surface area contributed by atoms with E-state index < -0.39 is 0 Å². The van der Waals surface area contributed by atoms with E-state index in [-0.39, 0.29) is 17.4 Å².